The van der Waals surface area contributed by atoms with Crippen LogP contribution in [-0.4, -0.2) is 38.0 Å². The van der Waals surface area contributed by atoms with Crippen LogP contribution >= 0.6 is 0 Å². The van der Waals surface area contributed by atoms with Gasteiger partial charge >= 0.3 is 12.1 Å². The van der Waals surface area contributed by atoms with E-state index in [1.54, 1.807) is 37.3 Å². The lowest BCUT2D eigenvalue weighted by Crippen LogP contribution is -2.28. The summed E-state index contributed by atoms with van der Waals surface area (Å²) in [4.78, 5) is 25.6. The number of aromatic nitrogens is 4. The van der Waals surface area contributed by atoms with Crippen molar-refractivity contribution in [3.05, 3.63) is 59.5 Å². The summed E-state index contributed by atoms with van der Waals surface area (Å²) in [5.41, 5.74) is -0.0639. The first-order chi connectivity index (χ1) is 15.7. The number of para-hydroxylation sites is 1. The van der Waals surface area contributed by atoms with E-state index in [4.69, 9.17) is 4.74 Å². The third kappa shape index (κ3) is 4.62. The lowest BCUT2D eigenvalue weighted by atomic mass is 10.2. The molecule has 1 aliphatic rings. The van der Waals surface area contributed by atoms with Crippen LogP contribution in [0.1, 0.15) is 60.4 Å². The van der Waals surface area contributed by atoms with E-state index in [2.05, 4.69) is 15.5 Å². The minimum Gasteiger partial charge on any atom is -0.462 e. The van der Waals surface area contributed by atoms with Crippen LogP contribution in [-0.2, 0) is 15.7 Å². The third-order valence-corrected chi connectivity index (χ3v) is 5.30. The summed E-state index contributed by atoms with van der Waals surface area (Å²) in [6, 6.07) is 8.73. The number of carbonyl (C=O) groups is 2. The Morgan fingerprint density at radius 2 is 1.94 bits per heavy atom. The van der Waals surface area contributed by atoms with Crippen LogP contribution in [0.15, 0.2) is 42.6 Å². The van der Waals surface area contributed by atoms with Gasteiger partial charge in [-0.05, 0) is 44.9 Å². The van der Waals surface area contributed by atoms with Crippen molar-refractivity contribution in [1.29, 1.82) is 0 Å². The highest BCUT2D eigenvalue weighted by Crippen LogP contribution is 2.43. The predicted octanol–water partition coefficient (Wildman–Crippen LogP) is 4.34. The number of hydrogen-bond acceptors (Lipinski definition) is 5. The summed E-state index contributed by atoms with van der Waals surface area (Å²) in [5.74, 6) is -1.32. The highest BCUT2D eigenvalue weighted by molar-refractivity contribution is 6.01. The first-order valence-corrected chi connectivity index (χ1v) is 10.5. The van der Waals surface area contributed by atoms with Gasteiger partial charge in [-0.25, -0.2) is 9.48 Å². The molecule has 0 spiro atoms. The summed E-state index contributed by atoms with van der Waals surface area (Å²) < 4.78 is 47.3. The zero-order chi connectivity index (χ0) is 23.8. The molecule has 8 nitrogen and oxygen atoms in total. The molecule has 1 aromatic carbocycles. The molecule has 1 unspecified atom stereocenters. The second-order valence-corrected chi connectivity index (χ2v) is 7.71. The molecular formula is C22H22F3N5O3. The van der Waals surface area contributed by atoms with Gasteiger partial charge in [-0.15, -0.1) is 0 Å². The normalized spacial score (nSPS) is 14.7. The van der Waals surface area contributed by atoms with Crippen LogP contribution < -0.4 is 5.32 Å². The van der Waals surface area contributed by atoms with Crippen molar-refractivity contribution >= 4 is 17.7 Å². The fourth-order valence-corrected chi connectivity index (χ4v) is 3.47. The van der Waals surface area contributed by atoms with E-state index in [-0.39, 0.29) is 23.9 Å². The average Bonchev–Trinajstić information content (AvgIpc) is 3.38. The highest BCUT2D eigenvalue weighted by atomic mass is 19.4. The number of anilines is 1. The standard InChI is InChI=1S/C22H22F3N5O3/c1-3-33-21(32)16-12-26-30(15-7-5-4-6-8-15)19(16)27-20(31)13(2)29-17(14-9-10-14)11-18(28-29)22(23,24)25/h4-8,11-14H,3,9-10H2,1-2H3,(H,27,31). The molecule has 1 atom stereocenters. The topological polar surface area (TPSA) is 91.0 Å². The number of nitrogens with one attached hydrogen (secondary N) is 1. The first-order valence-electron chi connectivity index (χ1n) is 10.5. The zero-order valence-corrected chi connectivity index (χ0v) is 18.0. The maximum absolute atomic E-state index is 13.3. The second kappa shape index (κ2) is 8.72. The number of esters is 1. The second-order valence-electron chi connectivity index (χ2n) is 7.71. The minimum atomic E-state index is -4.62. The number of amides is 1. The van der Waals surface area contributed by atoms with Gasteiger partial charge in [-0.2, -0.15) is 23.4 Å². The van der Waals surface area contributed by atoms with Crippen LogP contribution in [0.4, 0.5) is 19.0 Å². The molecule has 2 aromatic heterocycles. The SMILES string of the molecule is CCOC(=O)c1cnn(-c2ccccc2)c1NC(=O)C(C)n1nc(C(F)(F)F)cc1C1CC1. The predicted molar refractivity (Wildman–Crippen MR) is 112 cm³/mol. The molecule has 0 radical (unpaired) electrons. The quantitative estimate of drug-likeness (QED) is 0.529. The van der Waals surface area contributed by atoms with Crippen molar-refractivity contribution in [2.24, 2.45) is 0 Å². The van der Waals surface area contributed by atoms with Crippen molar-refractivity contribution in [3.63, 3.8) is 0 Å². The maximum atomic E-state index is 13.3. The average molecular weight is 461 g/mol. The van der Waals surface area contributed by atoms with Gasteiger partial charge in [0, 0.05) is 11.6 Å². The molecular weight excluding hydrogens is 439 g/mol. The molecule has 1 fully saturated rings. The van der Waals surface area contributed by atoms with E-state index >= 15 is 0 Å². The number of nitrogens with zero attached hydrogens (tertiary/aromatic N) is 4. The van der Waals surface area contributed by atoms with Crippen LogP contribution in [0.25, 0.3) is 5.69 Å². The van der Waals surface area contributed by atoms with E-state index in [0.717, 1.165) is 23.6 Å². The summed E-state index contributed by atoms with van der Waals surface area (Å²) in [6.45, 7) is 3.23. The molecule has 0 saturated heterocycles. The number of benzene rings is 1. The lowest BCUT2D eigenvalue weighted by Gasteiger charge is -2.17. The summed E-state index contributed by atoms with van der Waals surface area (Å²) >= 11 is 0. The Kier molecular flexibility index (Phi) is 5.96. The van der Waals surface area contributed by atoms with Gasteiger partial charge in [-0.1, -0.05) is 18.2 Å². The summed E-state index contributed by atoms with van der Waals surface area (Å²) in [5, 5.41) is 10.5. The maximum Gasteiger partial charge on any atom is 0.435 e. The Labute approximate surface area is 187 Å². The van der Waals surface area contributed by atoms with E-state index < -0.39 is 29.8 Å². The summed E-state index contributed by atoms with van der Waals surface area (Å²) in [6.07, 6.45) is -1.86. The van der Waals surface area contributed by atoms with Gasteiger partial charge in [0.25, 0.3) is 0 Å². The molecule has 11 heteroatoms. The number of hydrogen-bond donors (Lipinski definition) is 1. The van der Waals surface area contributed by atoms with Crippen molar-refractivity contribution in [2.75, 3.05) is 11.9 Å². The van der Waals surface area contributed by atoms with Crippen molar-refractivity contribution in [3.8, 4) is 5.69 Å². The molecule has 2 heterocycles. The molecule has 3 aromatic rings. The largest absolute Gasteiger partial charge is 0.462 e. The third-order valence-electron chi connectivity index (χ3n) is 5.30. The monoisotopic (exact) mass is 461 g/mol. The minimum absolute atomic E-state index is 0.0279. The van der Waals surface area contributed by atoms with Gasteiger partial charge in [0.1, 0.15) is 11.6 Å². The Morgan fingerprint density at radius 1 is 1.24 bits per heavy atom. The van der Waals surface area contributed by atoms with Gasteiger partial charge < -0.3 is 10.1 Å². The van der Waals surface area contributed by atoms with Gasteiger partial charge in [0.15, 0.2) is 11.5 Å². The van der Waals surface area contributed by atoms with E-state index in [1.807, 2.05) is 0 Å². The molecule has 33 heavy (non-hydrogen) atoms. The molecule has 1 aliphatic carbocycles. The van der Waals surface area contributed by atoms with E-state index in [9.17, 15) is 22.8 Å². The first kappa shape index (κ1) is 22.6. The van der Waals surface area contributed by atoms with Crippen LogP contribution in [0.3, 0.4) is 0 Å². The Hall–Kier alpha value is -3.63. The van der Waals surface area contributed by atoms with Gasteiger partial charge in [0.2, 0.25) is 5.91 Å². The molecule has 0 bridgehead atoms. The molecule has 4 rings (SSSR count). The molecule has 174 valence electrons. The number of halogens is 3. The van der Waals surface area contributed by atoms with Crippen molar-refractivity contribution in [1.82, 2.24) is 19.6 Å². The lowest BCUT2D eigenvalue weighted by molar-refractivity contribution is -0.141. The van der Waals surface area contributed by atoms with Gasteiger partial charge in [0.05, 0.1) is 18.5 Å². The van der Waals surface area contributed by atoms with E-state index in [1.165, 1.54) is 17.8 Å². The fraction of sp³-hybridized carbons (Fsp3) is 0.364. The summed E-state index contributed by atoms with van der Waals surface area (Å²) in [7, 11) is 0. The molecule has 1 N–H and O–H groups in total. The Balaban J connectivity index is 1.68. The van der Waals surface area contributed by atoms with Crippen LogP contribution in [0.2, 0.25) is 0 Å². The fourth-order valence-electron chi connectivity index (χ4n) is 3.47. The van der Waals surface area contributed by atoms with Crippen molar-refractivity contribution < 1.29 is 27.5 Å². The smallest absolute Gasteiger partial charge is 0.435 e. The number of alkyl halides is 3. The molecule has 1 amide bonds. The van der Waals surface area contributed by atoms with E-state index in [0.29, 0.717) is 11.4 Å². The van der Waals surface area contributed by atoms with Crippen LogP contribution in [0.5, 0.6) is 0 Å². The van der Waals surface area contributed by atoms with Gasteiger partial charge in [-0.3, -0.25) is 9.48 Å². The number of rotatable bonds is 7. The highest BCUT2D eigenvalue weighted by Gasteiger charge is 2.39. The van der Waals surface area contributed by atoms with Crippen molar-refractivity contribution in [2.45, 2.75) is 44.8 Å². The zero-order valence-electron chi connectivity index (χ0n) is 18.0. The molecule has 0 aliphatic heterocycles. The van der Waals surface area contributed by atoms with Crippen LogP contribution in [0, 0.1) is 0 Å². The Morgan fingerprint density at radius 3 is 2.55 bits per heavy atom. The number of ether oxygens (including phenoxy) is 1. The Bertz CT molecular complexity index is 1170. The molecule has 1 saturated carbocycles. The number of carbonyl (C=O) groups excluding carboxylic acids is 2.